The Kier molecular flexibility index (Phi) is 8.06. The topological polar surface area (TPSA) is 18.5 Å². The van der Waals surface area contributed by atoms with Crippen molar-refractivity contribution in [2.45, 2.75) is 121 Å². The highest BCUT2D eigenvalue weighted by Crippen LogP contribution is 2.49. The quantitative estimate of drug-likeness (QED) is 0.399. The summed E-state index contributed by atoms with van der Waals surface area (Å²) in [5, 5.41) is 0. The zero-order valence-electron chi connectivity index (χ0n) is 19.2. The fraction of sp³-hybridized carbons (Fsp3) is 1.00. The highest BCUT2D eigenvalue weighted by atomic mass is 19.3. The number of halogens is 5. The smallest absolute Gasteiger partial charge is 0.364 e. The maximum Gasteiger partial charge on any atom is 0.364 e. The molecule has 4 unspecified atom stereocenters. The maximum absolute atomic E-state index is 14.9. The van der Waals surface area contributed by atoms with Crippen molar-refractivity contribution < 1.29 is 31.4 Å². The largest absolute Gasteiger partial charge is 0.378 e. The van der Waals surface area contributed by atoms with Crippen molar-refractivity contribution in [1.82, 2.24) is 0 Å². The molecule has 7 heteroatoms. The van der Waals surface area contributed by atoms with Crippen LogP contribution in [-0.2, 0) is 9.47 Å². The molecule has 0 spiro atoms. The summed E-state index contributed by atoms with van der Waals surface area (Å²) in [6.07, 6.45) is -2.52. The highest BCUT2D eigenvalue weighted by molar-refractivity contribution is 4.95. The van der Waals surface area contributed by atoms with Crippen molar-refractivity contribution in [2.75, 3.05) is 6.61 Å². The van der Waals surface area contributed by atoms with Gasteiger partial charge in [-0.25, -0.2) is 13.2 Å². The Balaban J connectivity index is 1.27. The molecule has 4 aliphatic rings. The molecule has 0 bridgehead atoms. The summed E-state index contributed by atoms with van der Waals surface area (Å²) in [6, 6.07) is 0. The van der Waals surface area contributed by atoms with E-state index in [1.807, 2.05) is 0 Å². The molecule has 32 heavy (non-hydrogen) atoms. The predicted octanol–water partition coefficient (Wildman–Crippen LogP) is 7.20. The highest BCUT2D eigenvalue weighted by Gasteiger charge is 2.56. The Labute approximate surface area is 189 Å². The van der Waals surface area contributed by atoms with E-state index < -0.39 is 36.6 Å². The standard InChI is InChI=1S/C25H39F5O2/c1-15-2-11-23(31-14-15)17-5-3-16(4-6-17)18-12-21(27)24(22(28)13-18)25(29,30)32-20-9-7-19(26)8-10-20/h15-24H,2-14H2,1H3. The normalized spacial score (nSPS) is 46.7. The summed E-state index contributed by atoms with van der Waals surface area (Å²) in [5.41, 5.74) is 0. The average molecular weight is 467 g/mol. The van der Waals surface area contributed by atoms with Crippen LogP contribution in [0, 0.1) is 29.6 Å². The third kappa shape index (κ3) is 5.79. The molecule has 4 fully saturated rings. The van der Waals surface area contributed by atoms with E-state index in [9.17, 15) is 22.0 Å². The zero-order valence-corrected chi connectivity index (χ0v) is 19.2. The van der Waals surface area contributed by atoms with Crippen LogP contribution in [0.1, 0.15) is 84.0 Å². The lowest BCUT2D eigenvalue weighted by molar-refractivity contribution is -0.320. The molecule has 1 saturated heterocycles. The number of alkyl halides is 5. The predicted molar refractivity (Wildman–Crippen MR) is 113 cm³/mol. The van der Waals surface area contributed by atoms with Gasteiger partial charge in [0.05, 0.1) is 12.2 Å². The zero-order chi connectivity index (χ0) is 22.9. The fourth-order valence-electron chi connectivity index (χ4n) is 6.70. The van der Waals surface area contributed by atoms with E-state index >= 15 is 0 Å². The molecule has 3 aliphatic carbocycles. The summed E-state index contributed by atoms with van der Waals surface area (Å²) < 4.78 is 83.5. The van der Waals surface area contributed by atoms with Crippen LogP contribution in [0.2, 0.25) is 0 Å². The molecule has 0 amide bonds. The maximum atomic E-state index is 14.9. The van der Waals surface area contributed by atoms with E-state index in [-0.39, 0.29) is 50.4 Å². The average Bonchev–Trinajstić information content (AvgIpc) is 2.75. The molecule has 0 N–H and O–H groups in total. The minimum atomic E-state index is -3.86. The Morgan fingerprint density at radius 1 is 0.719 bits per heavy atom. The van der Waals surface area contributed by atoms with E-state index in [0.29, 0.717) is 17.9 Å². The first-order valence-corrected chi connectivity index (χ1v) is 12.8. The second kappa shape index (κ2) is 10.5. The van der Waals surface area contributed by atoms with Gasteiger partial charge in [-0.2, -0.15) is 8.78 Å². The first-order chi connectivity index (χ1) is 15.2. The lowest BCUT2D eigenvalue weighted by atomic mass is 9.67. The lowest BCUT2D eigenvalue weighted by Crippen LogP contribution is -2.50. The minimum Gasteiger partial charge on any atom is -0.378 e. The van der Waals surface area contributed by atoms with Gasteiger partial charge >= 0.3 is 6.11 Å². The third-order valence-electron chi connectivity index (χ3n) is 8.70. The molecule has 0 radical (unpaired) electrons. The van der Waals surface area contributed by atoms with Crippen molar-refractivity contribution in [1.29, 1.82) is 0 Å². The molecule has 3 saturated carbocycles. The second-order valence-electron chi connectivity index (χ2n) is 11.1. The SMILES string of the molecule is CC1CCC(C2CCC(C3CC(F)C(C(F)(F)OC4CCC(F)CC4)C(F)C3)CC2)OC1. The van der Waals surface area contributed by atoms with Gasteiger partial charge in [-0.05, 0) is 101 Å². The van der Waals surface area contributed by atoms with Crippen LogP contribution >= 0.6 is 0 Å². The van der Waals surface area contributed by atoms with Gasteiger partial charge < -0.3 is 9.47 Å². The van der Waals surface area contributed by atoms with Crippen LogP contribution in [0.15, 0.2) is 0 Å². The van der Waals surface area contributed by atoms with Crippen LogP contribution in [0.5, 0.6) is 0 Å². The molecular weight excluding hydrogens is 427 g/mol. The molecule has 4 atom stereocenters. The van der Waals surface area contributed by atoms with Crippen LogP contribution in [0.25, 0.3) is 0 Å². The van der Waals surface area contributed by atoms with Crippen molar-refractivity contribution in [3.05, 3.63) is 0 Å². The third-order valence-corrected chi connectivity index (χ3v) is 8.70. The minimum absolute atomic E-state index is 0.0198. The van der Waals surface area contributed by atoms with Gasteiger partial charge in [0.2, 0.25) is 0 Å². The summed E-state index contributed by atoms with van der Waals surface area (Å²) in [6.45, 7) is 3.01. The van der Waals surface area contributed by atoms with Gasteiger partial charge in [0.1, 0.15) is 24.4 Å². The van der Waals surface area contributed by atoms with Gasteiger partial charge in [-0.3, -0.25) is 0 Å². The number of hydrogen-bond acceptors (Lipinski definition) is 2. The van der Waals surface area contributed by atoms with E-state index in [0.717, 1.165) is 38.7 Å². The van der Waals surface area contributed by atoms with Crippen LogP contribution in [0.3, 0.4) is 0 Å². The van der Waals surface area contributed by atoms with Crippen molar-refractivity contribution in [3.63, 3.8) is 0 Å². The fourth-order valence-corrected chi connectivity index (χ4v) is 6.70. The van der Waals surface area contributed by atoms with Crippen molar-refractivity contribution >= 4 is 0 Å². The van der Waals surface area contributed by atoms with Crippen LogP contribution in [-0.4, -0.2) is 43.4 Å². The van der Waals surface area contributed by atoms with Gasteiger partial charge in [0.15, 0.2) is 0 Å². The summed E-state index contributed by atoms with van der Waals surface area (Å²) in [4.78, 5) is 0. The Hall–Kier alpha value is -0.430. The first kappa shape index (κ1) is 24.7. The second-order valence-corrected chi connectivity index (χ2v) is 11.1. The number of hydrogen-bond donors (Lipinski definition) is 0. The van der Waals surface area contributed by atoms with Crippen LogP contribution in [0.4, 0.5) is 22.0 Å². The molecule has 4 rings (SSSR count). The van der Waals surface area contributed by atoms with E-state index in [1.54, 1.807) is 0 Å². The number of rotatable bonds is 5. The Morgan fingerprint density at radius 3 is 1.88 bits per heavy atom. The van der Waals surface area contributed by atoms with E-state index in [2.05, 4.69) is 6.92 Å². The number of ether oxygens (including phenoxy) is 2. The van der Waals surface area contributed by atoms with Gasteiger partial charge in [-0.1, -0.05) is 6.92 Å². The van der Waals surface area contributed by atoms with Gasteiger partial charge in [0, 0.05) is 6.61 Å². The molecule has 0 aromatic carbocycles. The molecule has 0 aromatic heterocycles. The molecule has 186 valence electrons. The van der Waals surface area contributed by atoms with E-state index in [1.165, 1.54) is 6.42 Å². The summed E-state index contributed by atoms with van der Waals surface area (Å²) >= 11 is 0. The van der Waals surface area contributed by atoms with Gasteiger partial charge in [0.25, 0.3) is 0 Å². The summed E-state index contributed by atoms with van der Waals surface area (Å²) in [5.74, 6) is -0.935. The van der Waals surface area contributed by atoms with Crippen molar-refractivity contribution in [3.8, 4) is 0 Å². The lowest BCUT2D eigenvalue weighted by Gasteiger charge is -2.44. The molecule has 1 heterocycles. The van der Waals surface area contributed by atoms with Gasteiger partial charge in [-0.15, -0.1) is 0 Å². The Bertz CT molecular complexity index is 569. The van der Waals surface area contributed by atoms with E-state index in [4.69, 9.17) is 9.47 Å². The first-order valence-electron chi connectivity index (χ1n) is 12.8. The monoisotopic (exact) mass is 466 g/mol. The Morgan fingerprint density at radius 2 is 1.31 bits per heavy atom. The van der Waals surface area contributed by atoms with Crippen molar-refractivity contribution in [2.24, 2.45) is 29.6 Å². The van der Waals surface area contributed by atoms with Crippen LogP contribution < -0.4 is 0 Å². The molecule has 2 nitrogen and oxygen atoms in total. The summed E-state index contributed by atoms with van der Waals surface area (Å²) in [7, 11) is 0. The molecule has 1 aliphatic heterocycles. The molecular formula is C25H39F5O2. The molecule has 0 aromatic rings.